The fourth-order valence-electron chi connectivity index (χ4n) is 2.76. The Labute approximate surface area is 146 Å². The van der Waals surface area contributed by atoms with Crippen LogP contribution in [0.15, 0.2) is 59.2 Å². The molecule has 1 aliphatic rings. The van der Waals surface area contributed by atoms with Crippen molar-refractivity contribution in [3.63, 3.8) is 0 Å². The third-order valence-corrected chi connectivity index (χ3v) is 5.75. The molecule has 2 aromatic rings. The Morgan fingerprint density at radius 1 is 1.16 bits per heavy atom. The van der Waals surface area contributed by atoms with E-state index in [-0.39, 0.29) is 23.0 Å². The van der Waals surface area contributed by atoms with Crippen molar-refractivity contribution in [2.75, 3.05) is 23.9 Å². The van der Waals surface area contributed by atoms with Crippen molar-refractivity contribution in [2.24, 2.45) is 0 Å². The SMILES string of the molecule is COC(CCS(=O)(=O)c1ccccc1)=C1C(=O)Nc2ccc(N)cc21. The maximum Gasteiger partial charge on any atom is 0.259 e. The van der Waals surface area contributed by atoms with Crippen molar-refractivity contribution in [3.05, 3.63) is 59.9 Å². The number of anilines is 2. The molecule has 3 N–H and O–H groups in total. The summed E-state index contributed by atoms with van der Waals surface area (Å²) in [5.74, 6) is -0.162. The summed E-state index contributed by atoms with van der Waals surface area (Å²) in [5, 5.41) is 2.74. The number of ether oxygens (including phenoxy) is 1. The normalized spacial score (nSPS) is 15.5. The van der Waals surface area contributed by atoms with Crippen molar-refractivity contribution >= 4 is 32.7 Å². The molecule has 0 radical (unpaired) electrons. The maximum atomic E-state index is 12.4. The van der Waals surface area contributed by atoms with Crippen LogP contribution >= 0.6 is 0 Å². The molecule has 0 saturated carbocycles. The quantitative estimate of drug-likeness (QED) is 0.486. The first-order chi connectivity index (χ1) is 11.9. The highest BCUT2D eigenvalue weighted by Crippen LogP contribution is 2.36. The van der Waals surface area contributed by atoms with Gasteiger partial charge in [-0.2, -0.15) is 0 Å². The standard InChI is InChI=1S/C18H18N2O4S/c1-24-16(9-10-25(22,23)13-5-3-2-4-6-13)17-14-11-12(19)7-8-15(14)20-18(17)21/h2-8,11H,9-10,19H2,1H3,(H,20,21). The van der Waals surface area contributed by atoms with Crippen molar-refractivity contribution in [1.82, 2.24) is 0 Å². The summed E-state index contributed by atoms with van der Waals surface area (Å²) < 4.78 is 30.2. The third kappa shape index (κ3) is 3.36. The van der Waals surface area contributed by atoms with E-state index in [0.29, 0.717) is 28.3 Å². The molecule has 130 valence electrons. The number of carbonyl (C=O) groups excluding carboxylic acids is 1. The number of benzene rings is 2. The summed E-state index contributed by atoms with van der Waals surface area (Å²) in [4.78, 5) is 12.5. The van der Waals surface area contributed by atoms with Gasteiger partial charge in [-0.1, -0.05) is 18.2 Å². The molecule has 7 heteroatoms. The van der Waals surface area contributed by atoms with E-state index in [1.807, 2.05) is 0 Å². The minimum Gasteiger partial charge on any atom is -0.500 e. The van der Waals surface area contributed by atoms with Crippen LogP contribution < -0.4 is 11.1 Å². The topological polar surface area (TPSA) is 98.5 Å². The van der Waals surface area contributed by atoms with Gasteiger partial charge in [-0.3, -0.25) is 4.79 Å². The van der Waals surface area contributed by atoms with E-state index in [0.717, 1.165) is 0 Å². The third-order valence-electron chi connectivity index (χ3n) is 4.01. The van der Waals surface area contributed by atoms with Crippen molar-refractivity contribution in [1.29, 1.82) is 0 Å². The monoisotopic (exact) mass is 358 g/mol. The Kier molecular flexibility index (Phi) is 4.50. The van der Waals surface area contributed by atoms with Gasteiger partial charge in [-0.05, 0) is 30.3 Å². The van der Waals surface area contributed by atoms with Crippen molar-refractivity contribution in [3.8, 4) is 0 Å². The van der Waals surface area contributed by atoms with E-state index in [4.69, 9.17) is 10.5 Å². The van der Waals surface area contributed by atoms with E-state index in [1.54, 1.807) is 48.5 Å². The van der Waals surface area contributed by atoms with Gasteiger partial charge in [-0.15, -0.1) is 0 Å². The predicted octanol–water partition coefficient (Wildman–Crippen LogP) is 2.44. The van der Waals surface area contributed by atoms with Gasteiger partial charge in [0.2, 0.25) is 0 Å². The van der Waals surface area contributed by atoms with Crippen LogP contribution in [0.4, 0.5) is 11.4 Å². The number of rotatable bonds is 5. The summed E-state index contributed by atoms with van der Waals surface area (Å²) in [5.41, 5.74) is 7.90. The number of sulfone groups is 1. The molecule has 0 saturated heterocycles. The molecular formula is C18H18N2O4S. The Morgan fingerprint density at radius 2 is 1.88 bits per heavy atom. The van der Waals surface area contributed by atoms with Gasteiger partial charge in [0.15, 0.2) is 9.84 Å². The van der Waals surface area contributed by atoms with Gasteiger partial charge in [0, 0.05) is 23.4 Å². The van der Waals surface area contributed by atoms with Crippen LogP contribution in [0.3, 0.4) is 0 Å². The number of nitrogen functional groups attached to an aromatic ring is 1. The molecule has 0 fully saturated rings. The number of hydrogen-bond donors (Lipinski definition) is 2. The van der Waals surface area contributed by atoms with Crippen LogP contribution in [0.25, 0.3) is 5.57 Å². The van der Waals surface area contributed by atoms with Crippen LogP contribution in [-0.2, 0) is 19.4 Å². The molecule has 1 aliphatic heterocycles. The molecule has 6 nitrogen and oxygen atoms in total. The van der Waals surface area contributed by atoms with Gasteiger partial charge in [-0.25, -0.2) is 8.42 Å². The molecular weight excluding hydrogens is 340 g/mol. The molecule has 0 bridgehead atoms. The highest BCUT2D eigenvalue weighted by atomic mass is 32.2. The lowest BCUT2D eigenvalue weighted by Gasteiger charge is -2.10. The van der Waals surface area contributed by atoms with E-state index >= 15 is 0 Å². The molecule has 0 spiro atoms. The number of amides is 1. The molecule has 25 heavy (non-hydrogen) atoms. The number of fused-ring (bicyclic) bond motifs is 1. The second-order valence-electron chi connectivity index (χ2n) is 5.64. The van der Waals surface area contributed by atoms with E-state index in [2.05, 4.69) is 5.32 Å². The number of hydrogen-bond acceptors (Lipinski definition) is 5. The minimum absolute atomic E-state index is 0.0880. The molecule has 0 aliphatic carbocycles. The van der Waals surface area contributed by atoms with Crippen molar-refractivity contribution in [2.45, 2.75) is 11.3 Å². The summed E-state index contributed by atoms with van der Waals surface area (Å²) >= 11 is 0. The van der Waals surface area contributed by atoms with Crippen LogP contribution in [0.1, 0.15) is 12.0 Å². The van der Waals surface area contributed by atoms with Crippen LogP contribution in [0.5, 0.6) is 0 Å². The lowest BCUT2D eigenvalue weighted by atomic mass is 10.0. The second-order valence-corrected chi connectivity index (χ2v) is 7.75. The molecule has 1 amide bonds. The molecule has 1 heterocycles. The fourth-order valence-corrected chi connectivity index (χ4v) is 4.03. The molecule has 2 aromatic carbocycles. The zero-order valence-corrected chi connectivity index (χ0v) is 14.5. The number of nitrogens with two attached hydrogens (primary N) is 1. The Balaban J connectivity index is 1.92. The second kappa shape index (κ2) is 6.60. The Hall–Kier alpha value is -2.80. The Morgan fingerprint density at radius 3 is 2.56 bits per heavy atom. The molecule has 0 unspecified atom stereocenters. The number of allylic oxidation sites excluding steroid dienone is 1. The van der Waals surface area contributed by atoms with Gasteiger partial charge in [0.25, 0.3) is 5.91 Å². The minimum atomic E-state index is -3.47. The first-order valence-electron chi connectivity index (χ1n) is 7.68. The van der Waals surface area contributed by atoms with E-state index < -0.39 is 9.84 Å². The average Bonchev–Trinajstić information content (AvgIpc) is 2.92. The number of carbonyl (C=O) groups is 1. The van der Waals surface area contributed by atoms with Crippen LogP contribution in [-0.4, -0.2) is 27.2 Å². The highest BCUT2D eigenvalue weighted by Gasteiger charge is 2.29. The molecule has 3 rings (SSSR count). The lowest BCUT2D eigenvalue weighted by Crippen LogP contribution is -2.11. The predicted molar refractivity (Wildman–Crippen MR) is 96.5 cm³/mol. The number of methoxy groups -OCH3 is 1. The van der Waals surface area contributed by atoms with Crippen molar-refractivity contribution < 1.29 is 17.9 Å². The first kappa shape index (κ1) is 17.0. The van der Waals surface area contributed by atoms with Gasteiger partial charge >= 0.3 is 0 Å². The fraction of sp³-hybridized carbons (Fsp3) is 0.167. The summed E-state index contributed by atoms with van der Waals surface area (Å²) in [6.45, 7) is 0. The van der Waals surface area contributed by atoms with Crippen LogP contribution in [0.2, 0.25) is 0 Å². The summed E-state index contributed by atoms with van der Waals surface area (Å²) in [7, 11) is -2.04. The van der Waals surface area contributed by atoms with E-state index in [9.17, 15) is 13.2 Å². The summed E-state index contributed by atoms with van der Waals surface area (Å²) in [6.07, 6.45) is 0.0880. The lowest BCUT2D eigenvalue weighted by molar-refractivity contribution is -0.111. The largest absolute Gasteiger partial charge is 0.500 e. The Bertz CT molecular complexity index is 950. The van der Waals surface area contributed by atoms with E-state index in [1.165, 1.54) is 7.11 Å². The first-order valence-corrected chi connectivity index (χ1v) is 9.34. The maximum absolute atomic E-state index is 12.4. The molecule has 0 aromatic heterocycles. The molecule has 0 atom stereocenters. The average molecular weight is 358 g/mol. The number of nitrogens with one attached hydrogen (secondary N) is 1. The van der Waals surface area contributed by atoms with Gasteiger partial charge in [0.1, 0.15) is 5.76 Å². The van der Waals surface area contributed by atoms with Crippen LogP contribution in [0, 0.1) is 0 Å². The van der Waals surface area contributed by atoms with Gasteiger partial charge < -0.3 is 15.8 Å². The summed E-state index contributed by atoms with van der Waals surface area (Å²) in [6, 6.07) is 13.3. The zero-order chi connectivity index (χ0) is 18.0. The smallest absolute Gasteiger partial charge is 0.259 e. The highest BCUT2D eigenvalue weighted by molar-refractivity contribution is 7.91. The zero-order valence-electron chi connectivity index (χ0n) is 13.7. The van der Waals surface area contributed by atoms with Gasteiger partial charge in [0.05, 0.1) is 23.3 Å².